The number of unbranched alkanes of at least 4 members (excludes halogenated alkanes) is 1. The number of phenols is 1. The van der Waals surface area contributed by atoms with Crippen molar-refractivity contribution in [3.05, 3.63) is 42.0 Å². The number of benzene rings is 2. The van der Waals surface area contributed by atoms with Crippen molar-refractivity contribution < 1.29 is 14.3 Å². The molecule has 0 aliphatic carbocycles. The van der Waals surface area contributed by atoms with Crippen LogP contribution in [0.25, 0.3) is 22.6 Å². The molecule has 0 saturated carbocycles. The zero-order valence-corrected chi connectivity index (χ0v) is 15.4. The van der Waals surface area contributed by atoms with Crippen molar-refractivity contribution in [2.75, 3.05) is 5.32 Å². The smallest absolute Gasteiger partial charge is 0.231 e. The van der Waals surface area contributed by atoms with Crippen molar-refractivity contribution in [2.45, 2.75) is 46.0 Å². The molecule has 0 saturated heterocycles. The van der Waals surface area contributed by atoms with Crippen molar-refractivity contribution in [3.63, 3.8) is 0 Å². The van der Waals surface area contributed by atoms with Crippen molar-refractivity contribution in [1.82, 2.24) is 4.98 Å². The van der Waals surface area contributed by atoms with E-state index in [-0.39, 0.29) is 11.7 Å². The number of nitrogens with zero attached hydrogens (tertiary/aromatic N) is 1. The third-order valence-corrected chi connectivity index (χ3v) is 4.35. The highest BCUT2D eigenvalue weighted by atomic mass is 16.3. The molecule has 0 aliphatic rings. The van der Waals surface area contributed by atoms with Gasteiger partial charge in [-0.1, -0.05) is 33.3 Å². The predicted molar refractivity (Wildman–Crippen MR) is 103 cm³/mol. The van der Waals surface area contributed by atoms with E-state index in [1.165, 1.54) is 11.6 Å². The Labute approximate surface area is 153 Å². The molecule has 5 heteroatoms. The van der Waals surface area contributed by atoms with Gasteiger partial charge in [0.05, 0.1) is 5.56 Å². The van der Waals surface area contributed by atoms with Gasteiger partial charge in [0.15, 0.2) is 5.58 Å². The van der Waals surface area contributed by atoms with Gasteiger partial charge in [-0.25, -0.2) is 4.98 Å². The first-order chi connectivity index (χ1) is 12.5. The Morgan fingerprint density at radius 2 is 2.04 bits per heavy atom. The van der Waals surface area contributed by atoms with Crippen molar-refractivity contribution >= 4 is 22.7 Å². The second-order valence-corrected chi connectivity index (χ2v) is 6.78. The Morgan fingerprint density at radius 3 is 2.73 bits per heavy atom. The molecule has 0 unspecified atom stereocenters. The van der Waals surface area contributed by atoms with E-state index in [9.17, 15) is 9.90 Å². The minimum Gasteiger partial charge on any atom is -0.507 e. The summed E-state index contributed by atoms with van der Waals surface area (Å²) in [6.07, 6.45) is 2.29. The van der Waals surface area contributed by atoms with Gasteiger partial charge in [0, 0.05) is 18.2 Å². The van der Waals surface area contributed by atoms with E-state index in [4.69, 9.17) is 4.42 Å². The van der Waals surface area contributed by atoms with Crippen molar-refractivity contribution in [2.24, 2.45) is 0 Å². The highest BCUT2D eigenvalue weighted by Crippen LogP contribution is 2.33. The van der Waals surface area contributed by atoms with Gasteiger partial charge >= 0.3 is 0 Å². The SMILES string of the molecule is CCCCC(=O)Nc1ccc(-c2nc3cc(C(C)C)ccc3o2)c(O)c1. The van der Waals surface area contributed by atoms with Crippen LogP contribution >= 0.6 is 0 Å². The Kier molecular flexibility index (Phi) is 5.26. The Bertz CT molecular complexity index is 928. The van der Waals surface area contributed by atoms with Gasteiger partial charge in [0.25, 0.3) is 0 Å². The minimum atomic E-state index is -0.0536. The third-order valence-electron chi connectivity index (χ3n) is 4.35. The molecule has 5 nitrogen and oxygen atoms in total. The summed E-state index contributed by atoms with van der Waals surface area (Å²) >= 11 is 0. The maximum absolute atomic E-state index is 11.8. The average Bonchev–Trinajstić information content (AvgIpc) is 3.02. The van der Waals surface area contributed by atoms with Crippen LogP contribution in [0.5, 0.6) is 5.75 Å². The third kappa shape index (κ3) is 3.87. The molecule has 0 bridgehead atoms. The molecule has 0 fully saturated rings. The van der Waals surface area contributed by atoms with E-state index >= 15 is 0 Å². The summed E-state index contributed by atoms with van der Waals surface area (Å²) in [5.41, 5.74) is 3.69. The molecule has 2 aromatic carbocycles. The molecule has 1 amide bonds. The quantitative estimate of drug-likeness (QED) is 0.618. The second-order valence-electron chi connectivity index (χ2n) is 6.78. The normalized spacial score (nSPS) is 11.2. The van der Waals surface area contributed by atoms with Gasteiger partial charge in [0.1, 0.15) is 11.3 Å². The number of aromatic hydroxyl groups is 1. The van der Waals surface area contributed by atoms with Gasteiger partial charge in [-0.3, -0.25) is 4.79 Å². The van der Waals surface area contributed by atoms with Crippen LogP contribution < -0.4 is 5.32 Å². The maximum Gasteiger partial charge on any atom is 0.231 e. The number of amides is 1. The van der Waals surface area contributed by atoms with Gasteiger partial charge in [0.2, 0.25) is 11.8 Å². The number of rotatable bonds is 6. The van der Waals surface area contributed by atoms with Crippen LogP contribution in [0, 0.1) is 0 Å². The van der Waals surface area contributed by atoms with E-state index in [0.717, 1.165) is 18.4 Å². The van der Waals surface area contributed by atoms with Crippen LogP contribution in [-0.4, -0.2) is 16.0 Å². The summed E-state index contributed by atoms with van der Waals surface area (Å²) < 4.78 is 5.79. The van der Waals surface area contributed by atoms with E-state index < -0.39 is 0 Å². The highest BCUT2D eigenvalue weighted by Gasteiger charge is 2.14. The van der Waals surface area contributed by atoms with Crippen LogP contribution in [0.1, 0.15) is 51.5 Å². The average molecular weight is 352 g/mol. The van der Waals surface area contributed by atoms with Crippen LogP contribution in [0.2, 0.25) is 0 Å². The number of oxazole rings is 1. The summed E-state index contributed by atoms with van der Waals surface area (Å²) in [6, 6.07) is 10.9. The zero-order valence-electron chi connectivity index (χ0n) is 15.4. The summed E-state index contributed by atoms with van der Waals surface area (Å²) in [6.45, 7) is 6.29. The largest absolute Gasteiger partial charge is 0.507 e. The first-order valence-corrected chi connectivity index (χ1v) is 9.01. The number of hydrogen-bond acceptors (Lipinski definition) is 4. The van der Waals surface area contributed by atoms with Crippen LogP contribution in [0.3, 0.4) is 0 Å². The molecular formula is C21H24N2O3. The number of carbonyl (C=O) groups excluding carboxylic acids is 1. The molecule has 0 radical (unpaired) electrons. The molecule has 0 atom stereocenters. The molecule has 1 heterocycles. The lowest BCUT2D eigenvalue weighted by atomic mass is 10.0. The standard InChI is InChI=1S/C21H24N2O3/c1-4-5-6-20(25)22-15-8-9-16(18(24)12-15)21-23-17-11-14(13(2)3)7-10-19(17)26-21/h7-13,24H,4-6H2,1-3H3,(H,22,25). The lowest BCUT2D eigenvalue weighted by Gasteiger charge is -2.07. The van der Waals surface area contributed by atoms with Crippen LogP contribution in [-0.2, 0) is 4.79 Å². The van der Waals surface area contributed by atoms with Crippen LogP contribution in [0.15, 0.2) is 40.8 Å². The second kappa shape index (κ2) is 7.60. The summed E-state index contributed by atoms with van der Waals surface area (Å²) in [4.78, 5) is 16.3. The van der Waals surface area contributed by atoms with Crippen molar-refractivity contribution in [3.8, 4) is 17.2 Å². The van der Waals surface area contributed by atoms with E-state index in [0.29, 0.717) is 35.1 Å². The fourth-order valence-electron chi connectivity index (χ4n) is 2.77. The number of hydrogen-bond donors (Lipinski definition) is 2. The molecule has 2 N–H and O–H groups in total. The fraction of sp³-hybridized carbons (Fsp3) is 0.333. The molecule has 0 spiro atoms. The Hall–Kier alpha value is -2.82. The van der Waals surface area contributed by atoms with Crippen molar-refractivity contribution in [1.29, 1.82) is 0 Å². The highest BCUT2D eigenvalue weighted by molar-refractivity contribution is 5.91. The minimum absolute atomic E-state index is 0.0222. The number of anilines is 1. The maximum atomic E-state index is 11.8. The van der Waals surface area contributed by atoms with Gasteiger partial charge in [-0.2, -0.15) is 0 Å². The molecular weight excluding hydrogens is 328 g/mol. The number of carbonyl (C=O) groups is 1. The predicted octanol–water partition coefficient (Wildman–Crippen LogP) is 5.45. The fourth-order valence-corrected chi connectivity index (χ4v) is 2.77. The first-order valence-electron chi connectivity index (χ1n) is 9.01. The number of nitrogens with one attached hydrogen (secondary N) is 1. The van der Waals surface area contributed by atoms with Crippen LogP contribution in [0.4, 0.5) is 5.69 Å². The molecule has 136 valence electrons. The van der Waals surface area contributed by atoms with E-state index in [1.807, 2.05) is 25.1 Å². The topological polar surface area (TPSA) is 75.4 Å². The molecule has 26 heavy (non-hydrogen) atoms. The molecule has 3 rings (SSSR count). The first kappa shape index (κ1) is 18.0. The van der Waals surface area contributed by atoms with Gasteiger partial charge < -0.3 is 14.8 Å². The monoisotopic (exact) mass is 352 g/mol. The molecule has 0 aliphatic heterocycles. The Balaban J connectivity index is 1.85. The summed E-state index contributed by atoms with van der Waals surface area (Å²) in [7, 11) is 0. The summed E-state index contributed by atoms with van der Waals surface area (Å²) in [5.74, 6) is 0.738. The lowest BCUT2D eigenvalue weighted by Crippen LogP contribution is -2.10. The zero-order chi connectivity index (χ0) is 18.7. The van der Waals surface area contributed by atoms with E-state index in [2.05, 4.69) is 24.1 Å². The van der Waals surface area contributed by atoms with E-state index in [1.54, 1.807) is 12.1 Å². The summed E-state index contributed by atoms with van der Waals surface area (Å²) in [5, 5.41) is 13.1. The Morgan fingerprint density at radius 1 is 1.23 bits per heavy atom. The van der Waals surface area contributed by atoms with Gasteiger partial charge in [-0.15, -0.1) is 0 Å². The van der Waals surface area contributed by atoms with Gasteiger partial charge in [-0.05, 0) is 42.2 Å². The molecule has 1 aromatic heterocycles. The number of aromatic nitrogens is 1. The molecule has 3 aromatic rings. The number of phenolic OH excluding ortho intramolecular Hbond substituents is 1. The number of fused-ring (bicyclic) bond motifs is 1. The lowest BCUT2D eigenvalue weighted by molar-refractivity contribution is -0.116.